The molecular formula is C11H16N4O. The van der Waals surface area contributed by atoms with Gasteiger partial charge in [0.25, 0.3) is 0 Å². The molecule has 3 N–H and O–H groups in total. The number of aromatic nitrogens is 1. The fraction of sp³-hybridized carbons (Fsp3) is 0.455. The van der Waals surface area contributed by atoms with E-state index in [2.05, 4.69) is 20.9 Å². The summed E-state index contributed by atoms with van der Waals surface area (Å²) < 4.78 is 0. The summed E-state index contributed by atoms with van der Waals surface area (Å²) in [5.41, 5.74) is 1.01. The largest absolute Gasteiger partial charge is 0.351 e. The molecule has 1 fully saturated rings. The number of carbonyl (C=O) groups is 1. The molecule has 0 aromatic carbocycles. The minimum absolute atomic E-state index is 0.0380. The Morgan fingerprint density at radius 1 is 1.56 bits per heavy atom. The van der Waals surface area contributed by atoms with Crippen molar-refractivity contribution in [2.24, 2.45) is 0 Å². The minimum atomic E-state index is -0.120. The smallest absolute Gasteiger partial charge is 0.238 e. The first-order chi connectivity index (χ1) is 7.86. The number of nitrogens with one attached hydrogen (secondary N) is 3. The summed E-state index contributed by atoms with van der Waals surface area (Å²) in [4.78, 5) is 15.7. The number of nitrogens with zero attached hydrogens (tertiary/aromatic N) is 1. The maximum atomic E-state index is 11.7. The zero-order valence-corrected chi connectivity index (χ0v) is 9.07. The fourth-order valence-corrected chi connectivity index (χ4v) is 1.65. The molecule has 1 atom stereocenters. The predicted molar refractivity (Wildman–Crippen MR) is 60.7 cm³/mol. The van der Waals surface area contributed by atoms with Crippen LogP contribution < -0.4 is 16.0 Å². The van der Waals surface area contributed by atoms with E-state index in [1.54, 1.807) is 12.4 Å². The van der Waals surface area contributed by atoms with Gasteiger partial charge in [-0.3, -0.25) is 9.78 Å². The number of pyridine rings is 1. The number of amides is 1. The van der Waals surface area contributed by atoms with Crippen molar-refractivity contribution < 1.29 is 4.79 Å². The van der Waals surface area contributed by atoms with Crippen LogP contribution >= 0.6 is 0 Å². The lowest BCUT2D eigenvalue weighted by Gasteiger charge is -2.23. The van der Waals surface area contributed by atoms with Crippen LogP contribution in [-0.4, -0.2) is 36.6 Å². The van der Waals surface area contributed by atoms with Gasteiger partial charge in [-0.1, -0.05) is 6.07 Å². The maximum absolute atomic E-state index is 11.7. The Morgan fingerprint density at radius 3 is 3.19 bits per heavy atom. The van der Waals surface area contributed by atoms with Crippen molar-refractivity contribution in [3.8, 4) is 0 Å². The summed E-state index contributed by atoms with van der Waals surface area (Å²) in [5.74, 6) is 0.0380. The zero-order valence-electron chi connectivity index (χ0n) is 9.07. The Balaban J connectivity index is 1.79. The standard InChI is InChI=1S/C11H16N4O/c16-11(10-8-13-4-5-14-10)15-7-9-2-1-3-12-6-9/h1-3,6,10,13-14H,4-5,7-8H2,(H,15,16). The van der Waals surface area contributed by atoms with Crippen LogP contribution in [0.2, 0.25) is 0 Å². The third kappa shape index (κ3) is 3.01. The Morgan fingerprint density at radius 2 is 2.50 bits per heavy atom. The van der Waals surface area contributed by atoms with Crippen molar-refractivity contribution in [1.82, 2.24) is 20.9 Å². The molecule has 2 heterocycles. The molecule has 1 saturated heterocycles. The van der Waals surface area contributed by atoms with Gasteiger partial charge in [0.2, 0.25) is 5.91 Å². The highest BCUT2D eigenvalue weighted by molar-refractivity contribution is 5.82. The highest BCUT2D eigenvalue weighted by Crippen LogP contribution is 1.95. The molecule has 0 bridgehead atoms. The molecular weight excluding hydrogens is 204 g/mol. The topological polar surface area (TPSA) is 66.0 Å². The van der Waals surface area contributed by atoms with Crippen molar-refractivity contribution in [3.05, 3.63) is 30.1 Å². The Hall–Kier alpha value is -1.46. The second-order valence-electron chi connectivity index (χ2n) is 3.79. The third-order valence-corrected chi connectivity index (χ3v) is 2.55. The van der Waals surface area contributed by atoms with Crippen molar-refractivity contribution in [2.45, 2.75) is 12.6 Å². The molecule has 0 aliphatic carbocycles. The van der Waals surface area contributed by atoms with Gasteiger partial charge in [-0.05, 0) is 11.6 Å². The van der Waals surface area contributed by atoms with Gasteiger partial charge in [-0.25, -0.2) is 0 Å². The summed E-state index contributed by atoms with van der Waals surface area (Å²) in [7, 11) is 0. The van der Waals surface area contributed by atoms with Gasteiger partial charge in [0.15, 0.2) is 0 Å². The number of hydrogen-bond donors (Lipinski definition) is 3. The van der Waals surface area contributed by atoms with Crippen LogP contribution in [0, 0.1) is 0 Å². The molecule has 5 heteroatoms. The number of hydrogen-bond acceptors (Lipinski definition) is 4. The molecule has 0 saturated carbocycles. The van der Waals surface area contributed by atoms with E-state index in [0.29, 0.717) is 13.1 Å². The lowest BCUT2D eigenvalue weighted by Crippen LogP contribution is -2.55. The van der Waals surface area contributed by atoms with Crippen molar-refractivity contribution in [3.63, 3.8) is 0 Å². The lowest BCUT2D eigenvalue weighted by atomic mass is 10.2. The second kappa shape index (κ2) is 5.58. The average molecular weight is 220 g/mol. The van der Waals surface area contributed by atoms with E-state index in [0.717, 1.165) is 18.7 Å². The fourth-order valence-electron chi connectivity index (χ4n) is 1.65. The van der Waals surface area contributed by atoms with E-state index in [1.165, 1.54) is 0 Å². The van der Waals surface area contributed by atoms with Crippen molar-refractivity contribution in [2.75, 3.05) is 19.6 Å². The van der Waals surface area contributed by atoms with Crippen molar-refractivity contribution >= 4 is 5.91 Å². The molecule has 0 spiro atoms. The van der Waals surface area contributed by atoms with Crippen LogP contribution in [0.1, 0.15) is 5.56 Å². The molecule has 1 aliphatic heterocycles. The quantitative estimate of drug-likeness (QED) is 0.627. The van der Waals surface area contributed by atoms with E-state index in [4.69, 9.17) is 0 Å². The minimum Gasteiger partial charge on any atom is -0.351 e. The van der Waals surface area contributed by atoms with Crippen LogP contribution in [0.25, 0.3) is 0 Å². The second-order valence-corrected chi connectivity index (χ2v) is 3.79. The summed E-state index contributed by atoms with van der Waals surface area (Å²) in [6, 6.07) is 3.69. The zero-order chi connectivity index (χ0) is 11.2. The first kappa shape index (κ1) is 11.0. The van der Waals surface area contributed by atoms with Crippen LogP contribution in [0.5, 0.6) is 0 Å². The molecule has 1 aromatic heterocycles. The van der Waals surface area contributed by atoms with E-state index in [-0.39, 0.29) is 11.9 Å². The summed E-state index contributed by atoms with van der Waals surface area (Å²) in [6.45, 7) is 2.99. The molecule has 5 nitrogen and oxygen atoms in total. The highest BCUT2D eigenvalue weighted by Gasteiger charge is 2.19. The SMILES string of the molecule is O=C(NCc1cccnc1)C1CNCCN1. The highest BCUT2D eigenvalue weighted by atomic mass is 16.2. The summed E-state index contributed by atoms with van der Waals surface area (Å²) in [5, 5.41) is 9.23. The number of carbonyl (C=O) groups excluding carboxylic acids is 1. The van der Waals surface area contributed by atoms with Crippen LogP contribution in [-0.2, 0) is 11.3 Å². The number of rotatable bonds is 3. The van der Waals surface area contributed by atoms with Gasteiger partial charge in [0, 0.05) is 38.6 Å². The van der Waals surface area contributed by atoms with E-state index >= 15 is 0 Å². The van der Waals surface area contributed by atoms with Gasteiger partial charge in [0.1, 0.15) is 0 Å². The predicted octanol–water partition coefficient (Wildman–Crippen LogP) is -0.741. The van der Waals surface area contributed by atoms with E-state index in [9.17, 15) is 4.79 Å². The summed E-state index contributed by atoms with van der Waals surface area (Å²) in [6.07, 6.45) is 3.48. The van der Waals surface area contributed by atoms with E-state index < -0.39 is 0 Å². The monoisotopic (exact) mass is 220 g/mol. The van der Waals surface area contributed by atoms with Crippen LogP contribution in [0.15, 0.2) is 24.5 Å². The normalized spacial score (nSPS) is 20.4. The van der Waals surface area contributed by atoms with Gasteiger partial charge < -0.3 is 16.0 Å². The first-order valence-electron chi connectivity index (χ1n) is 5.47. The van der Waals surface area contributed by atoms with Gasteiger partial charge >= 0.3 is 0 Å². The Kier molecular flexibility index (Phi) is 3.85. The molecule has 86 valence electrons. The average Bonchev–Trinajstić information content (AvgIpc) is 2.38. The Bertz CT molecular complexity index is 335. The maximum Gasteiger partial charge on any atom is 0.238 e. The molecule has 1 aliphatic rings. The molecule has 16 heavy (non-hydrogen) atoms. The molecule has 1 unspecified atom stereocenters. The number of piperazine rings is 1. The molecule has 1 amide bonds. The first-order valence-corrected chi connectivity index (χ1v) is 5.47. The lowest BCUT2D eigenvalue weighted by molar-refractivity contribution is -0.123. The third-order valence-electron chi connectivity index (χ3n) is 2.55. The molecule has 1 aromatic rings. The van der Waals surface area contributed by atoms with Crippen LogP contribution in [0.4, 0.5) is 0 Å². The molecule has 2 rings (SSSR count). The van der Waals surface area contributed by atoms with Crippen molar-refractivity contribution in [1.29, 1.82) is 0 Å². The summed E-state index contributed by atoms with van der Waals surface area (Å²) >= 11 is 0. The molecule has 0 radical (unpaired) electrons. The van der Waals surface area contributed by atoms with Gasteiger partial charge in [-0.15, -0.1) is 0 Å². The van der Waals surface area contributed by atoms with Gasteiger partial charge in [0.05, 0.1) is 6.04 Å². The van der Waals surface area contributed by atoms with Gasteiger partial charge in [-0.2, -0.15) is 0 Å². The van der Waals surface area contributed by atoms with Crippen LogP contribution in [0.3, 0.4) is 0 Å². The van der Waals surface area contributed by atoms with E-state index in [1.807, 2.05) is 12.1 Å². The Labute approximate surface area is 94.6 Å².